The molecule has 3 aromatic carbocycles. The molecular weight excluding hydrogens is 520 g/mol. The average Bonchev–Trinajstić information content (AvgIpc) is 2.89. The maximum Gasteiger partial charge on any atom is 0.415 e. The zero-order chi connectivity index (χ0) is 26.9. The number of halogens is 5. The van der Waals surface area contributed by atoms with Crippen LogP contribution in [0.1, 0.15) is 24.0 Å². The summed E-state index contributed by atoms with van der Waals surface area (Å²) in [5, 5.41) is 0.360. The highest BCUT2D eigenvalue weighted by molar-refractivity contribution is 6.30. The lowest BCUT2D eigenvalue weighted by Gasteiger charge is -2.52. The van der Waals surface area contributed by atoms with Crippen LogP contribution in [0.15, 0.2) is 60.7 Å². The number of benzene rings is 3. The van der Waals surface area contributed by atoms with Gasteiger partial charge in [-0.3, -0.25) is 4.90 Å². The molecule has 3 saturated heterocycles. The van der Waals surface area contributed by atoms with Gasteiger partial charge in [0.2, 0.25) is 0 Å². The summed E-state index contributed by atoms with van der Waals surface area (Å²) in [6, 6.07) is 13.6. The molecule has 9 heteroatoms. The summed E-state index contributed by atoms with van der Waals surface area (Å²) in [7, 11) is 0. The third-order valence-electron chi connectivity index (χ3n) is 7.78. The van der Waals surface area contributed by atoms with Crippen molar-refractivity contribution in [2.45, 2.75) is 31.9 Å². The van der Waals surface area contributed by atoms with Gasteiger partial charge in [-0.05, 0) is 53.6 Å². The molecule has 2 bridgehead atoms. The van der Waals surface area contributed by atoms with Crippen LogP contribution in [0.5, 0.6) is 0 Å². The maximum atomic E-state index is 14.7. The van der Waals surface area contributed by atoms with Crippen LogP contribution in [0.4, 0.5) is 28.0 Å². The zero-order valence-electron chi connectivity index (χ0n) is 20.7. The van der Waals surface area contributed by atoms with Crippen LogP contribution in [-0.2, 0) is 17.7 Å². The van der Waals surface area contributed by atoms with E-state index in [1.807, 2.05) is 0 Å². The van der Waals surface area contributed by atoms with Crippen LogP contribution in [0.25, 0.3) is 0 Å². The molecule has 0 N–H and O–H groups in total. The number of fused-ring (bicyclic) bond motifs is 3. The van der Waals surface area contributed by atoms with Crippen molar-refractivity contribution in [3.8, 4) is 0 Å². The van der Waals surface area contributed by atoms with E-state index in [1.165, 1.54) is 36.4 Å². The van der Waals surface area contributed by atoms with E-state index in [1.54, 1.807) is 12.1 Å². The Morgan fingerprint density at radius 1 is 0.921 bits per heavy atom. The fourth-order valence-electron chi connectivity index (χ4n) is 5.72. The predicted molar refractivity (Wildman–Crippen MR) is 137 cm³/mol. The molecule has 0 aliphatic carbocycles. The Morgan fingerprint density at radius 3 is 2.39 bits per heavy atom. The molecule has 200 valence electrons. The summed E-state index contributed by atoms with van der Waals surface area (Å²) in [5.41, 5.74) is 1.12. The van der Waals surface area contributed by atoms with Gasteiger partial charge in [-0.1, -0.05) is 29.8 Å². The van der Waals surface area contributed by atoms with Crippen molar-refractivity contribution in [2.75, 3.05) is 31.1 Å². The van der Waals surface area contributed by atoms with Crippen LogP contribution in [0.2, 0.25) is 5.02 Å². The van der Waals surface area contributed by atoms with Gasteiger partial charge in [-0.15, -0.1) is 0 Å². The van der Waals surface area contributed by atoms with Gasteiger partial charge in [-0.2, -0.15) is 0 Å². The Bertz CT molecular complexity index is 1310. The predicted octanol–water partition coefficient (Wildman–Crippen LogP) is 6.89. The molecule has 6 rings (SSSR count). The number of nitrogens with zero attached hydrogens (tertiary/aromatic N) is 2. The standard InChI is InChI=1S/C29H28ClF4N2O2/c30-22-13-19(14-23(31)16-22)7-10-36-11-8-21(9-12-36)28(18-36)38-29(37)35(27-4-2-1-3-25(27)33)17-20-5-6-24(32)26(34)15-20/h1-6,13-16,21,28H,7-12,17-18H2/q+1. The second-order valence-electron chi connectivity index (χ2n) is 10.3. The molecule has 0 aromatic heterocycles. The number of anilines is 1. The Kier molecular flexibility index (Phi) is 7.63. The largest absolute Gasteiger partial charge is 0.440 e. The number of hydrogen-bond donors (Lipinski definition) is 0. The lowest BCUT2D eigenvalue weighted by Crippen LogP contribution is -2.65. The lowest BCUT2D eigenvalue weighted by atomic mass is 9.83. The molecule has 38 heavy (non-hydrogen) atoms. The smallest absolute Gasteiger partial charge is 0.415 e. The molecule has 3 aromatic rings. The van der Waals surface area contributed by atoms with Gasteiger partial charge in [0, 0.05) is 30.2 Å². The Labute approximate surface area is 224 Å². The normalized spacial score (nSPS) is 22.3. The molecule has 1 unspecified atom stereocenters. The fourth-order valence-corrected chi connectivity index (χ4v) is 5.97. The third kappa shape index (κ3) is 5.81. The van der Waals surface area contributed by atoms with Crippen molar-refractivity contribution in [1.82, 2.24) is 0 Å². The summed E-state index contributed by atoms with van der Waals surface area (Å²) in [6.45, 7) is 3.05. The quantitative estimate of drug-likeness (QED) is 0.238. The Hall–Kier alpha value is -3.10. The number of quaternary nitrogens is 1. The van der Waals surface area contributed by atoms with E-state index in [-0.39, 0.29) is 30.1 Å². The van der Waals surface area contributed by atoms with Crippen molar-refractivity contribution in [3.63, 3.8) is 0 Å². The summed E-state index contributed by atoms with van der Waals surface area (Å²) < 4.78 is 62.6. The first-order chi connectivity index (χ1) is 18.2. The van der Waals surface area contributed by atoms with E-state index in [0.717, 1.165) is 59.6 Å². The highest BCUT2D eigenvalue weighted by Crippen LogP contribution is 2.37. The number of piperidine rings is 3. The third-order valence-corrected chi connectivity index (χ3v) is 8.00. The van der Waals surface area contributed by atoms with Crippen molar-refractivity contribution < 1.29 is 31.6 Å². The number of carbonyl (C=O) groups excluding carboxylic acids is 1. The first-order valence-corrected chi connectivity index (χ1v) is 13.1. The summed E-state index contributed by atoms with van der Waals surface area (Å²) >= 11 is 6.02. The van der Waals surface area contributed by atoms with Gasteiger partial charge >= 0.3 is 6.09 Å². The monoisotopic (exact) mass is 547 g/mol. The van der Waals surface area contributed by atoms with E-state index in [9.17, 15) is 22.4 Å². The van der Waals surface area contributed by atoms with E-state index < -0.39 is 23.5 Å². The van der Waals surface area contributed by atoms with Crippen LogP contribution < -0.4 is 4.90 Å². The van der Waals surface area contributed by atoms with E-state index in [2.05, 4.69) is 0 Å². The maximum absolute atomic E-state index is 14.7. The minimum Gasteiger partial charge on any atom is -0.440 e. The first-order valence-electron chi connectivity index (χ1n) is 12.7. The molecule has 0 radical (unpaired) electrons. The number of rotatable bonds is 7. The molecule has 0 spiro atoms. The molecular formula is C29H28ClF4N2O2+. The van der Waals surface area contributed by atoms with Gasteiger partial charge in [0.05, 0.1) is 31.9 Å². The fraction of sp³-hybridized carbons (Fsp3) is 0.345. The number of amides is 1. The molecule has 3 heterocycles. The average molecular weight is 548 g/mol. The SMILES string of the molecule is O=C(OC1C[N+]2(CCc3cc(F)cc(Cl)c3)CCC1CC2)N(Cc1ccc(F)c(F)c1)c1ccccc1F. The topological polar surface area (TPSA) is 29.5 Å². The highest BCUT2D eigenvalue weighted by atomic mass is 35.5. The summed E-state index contributed by atoms with van der Waals surface area (Å²) in [4.78, 5) is 14.6. The Balaban J connectivity index is 1.32. The molecule has 4 nitrogen and oxygen atoms in total. The summed E-state index contributed by atoms with van der Waals surface area (Å²) in [5.74, 6) is -2.86. The molecule has 3 fully saturated rings. The molecule has 3 aliphatic heterocycles. The van der Waals surface area contributed by atoms with Gasteiger partial charge in [0.25, 0.3) is 0 Å². The van der Waals surface area contributed by atoms with E-state index in [0.29, 0.717) is 23.6 Å². The van der Waals surface area contributed by atoms with Gasteiger partial charge in [0.15, 0.2) is 17.7 Å². The molecule has 1 amide bonds. The van der Waals surface area contributed by atoms with Gasteiger partial charge in [0.1, 0.15) is 18.2 Å². The van der Waals surface area contributed by atoms with Crippen LogP contribution in [-0.4, -0.2) is 42.9 Å². The van der Waals surface area contributed by atoms with Gasteiger partial charge in [-0.25, -0.2) is 22.4 Å². The first kappa shape index (κ1) is 26.5. The minimum atomic E-state index is -1.05. The highest BCUT2D eigenvalue weighted by Gasteiger charge is 2.47. The second kappa shape index (κ2) is 10.9. The number of hydrogen-bond acceptors (Lipinski definition) is 2. The van der Waals surface area contributed by atoms with Gasteiger partial charge < -0.3 is 9.22 Å². The van der Waals surface area contributed by atoms with Crippen molar-refractivity contribution >= 4 is 23.4 Å². The lowest BCUT2D eigenvalue weighted by molar-refractivity contribution is -0.945. The zero-order valence-corrected chi connectivity index (χ0v) is 21.4. The molecule has 1 atom stereocenters. The second-order valence-corrected chi connectivity index (χ2v) is 10.7. The Morgan fingerprint density at radius 2 is 1.68 bits per heavy atom. The van der Waals surface area contributed by atoms with Crippen molar-refractivity contribution in [2.24, 2.45) is 5.92 Å². The van der Waals surface area contributed by atoms with Crippen LogP contribution in [0.3, 0.4) is 0 Å². The van der Waals surface area contributed by atoms with Crippen LogP contribution in [0, 0.1) is 29.2 Å². The molecule has 3 aliphatic rings. The van der Waals surface area contributed by atoms with Crippen molar-refractivity contribution in [3.05, 3.63) is 100 Å². The summed E-state index contributed by atoms with van der Waals surface area (Å²) in [6.07, 6.45) is 1.28. The number of para-hydroxylation sites is 1. The van der Waals surface area contributed by atoms with Crippen LogP contribution >= 0.6 is 11.6 Å². The van der Waals surface area contributed by atoms with E-state index in [4.69, 9.17) is 16.3 Å². The number of carbonyl (C=O) groups is 1. The number of ether oxygens (including phenoxy) is 1. The van der Waals surface area contributed by atoms with E-state index >= 15 is 0 Å². The minimum absolute atomic E-state index is 0.00427. The molecule has 0 saturated carbocycles. The van der Waals surface area contributed by atoms with Crippen molar-refractivity contribution in [1.29, 1.82) is 0 Å².